The summed E-state index contributed by atoms with van der Waals surface area (Å²) in [4.78, 5) is 14.2. The lowest BCUT2D eigenvalue weighted by Crippen LogP contribution is -2.47. The fourth-order valence-electron chi connectivity index (χ4n) is 3.21. The van der Waals surface area contributed by atoms with Crippen LogP contribution in [0, 0.1) is 0 Å². The van der Waals surface area contributed by atoms with Crippen molar-refractivity contribution in [1.82, 2.24) is 14.9 Å². The minimum Gasteiger partial charge on any atom is -0.354 e. The van der Waals surface area contributed by atoms with Gasteiger partial charge in [-0.15, -0.1) is 11.3 Å². The number of pyridine rings is 1. The van der Waals surface area contributed by atoms with Crippen molar-refractivity contribution in [3.63, 3.8) is 0 Å². The molecule has 1 atom stereocenters. The molecular weight excluding hydrogens is 384 g/mol. The molecule has 0 aliphatic carbocycles. The molecule has 0 radical (unpaired) electrons. The van der Waals surface area contributed by atoms with Gasteiger partial charge in [0.25, 0.3) is 0 Å². The quantitative estimate of drug-likeness (QED) is 0.652. The summed E-state index contributed by atoms with van der Waals surface area (Å²) in [5.41, 5.74) is 1.04. The molecule has 0 saturated carbocycles. The topological polar surface area (TPSA) is 32.3 Å². The average Bonchev–Trinajstić information content (AvgIpc) is 3.16. The van der Waals surface area contributed by atoms with E-state index in [0.717, 1.165) is 42.0 Å². The van der Waals surface area contributed by atoms with Crippen LogP contribution >= 0.6 is 27.3 Å². The van der Waals surface area contributed by atoms with Crippen LogP contribution < -0.4 is 4.90 Å². The average molecular weight is 403 g/mol. The van der Waals surface area contributed by atoms with Gasteiger partial charge in [0.15, 0.2) is 0 Å². The van der Waals surface area contributed by atoms with Crippen LogP contribution in [0.25, 0.3) is 10.9 Å². The largest absolute Gasteiger partial charge is 0.354 e. The van der Waals surface area contributed by atoms with Gasteiger partial charge in [-0.2, -0.15) is 0 Å². The van der Waals surface area contributed by atoms with Crippen molar-refractivity contribution in [2.45, 2.75) is 13.0 Å². The van der Waals surface area contributed by atoms with Crippen LogP contribution in [0.1, 0.15) is 18.0 Å². The number of para-hydroxylation sites is 1. The van der Waals surface area contributed by atoms with E-state index in [0.29, 0.717) is 6.04 Å². The number of benzene rings is 1. The lowest BCUT2D eigenvalue weighted by molar-refractivity contribution is 0.198. The van der Waals surface area contributed by atoms with Gasteiger partial charge in [0.05, 0.1) is 11.6 Å². The SMILES string of the molecule is CC(c1nccs1)N1CCN(c2ccc3cccc(Br)c3n2)CC1. The molecule has 0 bridgehead atoms. The summed E-state index contributed by atoms with van der Waals surface area (Å²) in [6.45, 7) is 6.32. The summed E-state index contributed by atoms with van der Waals surface area (Å²) in [6.07, 6.45) is 1.89. The molecule has 1 unspecified atom stereocenters. The summed E-state index contributed by atoms with van der Waals surface area (Å²) in [7, 11) is 0. The first-order chi connectivity index (χ1) is 11.7. The van der Waals surface area contributed by atoms with Crippen molar-refractivity contribution >= 4 is 44.0 Å². The molecule has 3 aromatic rings. The van der Waals surface area contributed by atoms with Crippen LogP contribution in [-0.4, -0.2) is 41.0 Å². The zero-order valence-corrected chi connectivity index (χ0v) is 15.9. The molecule has 124 valence electrons. The van der Waals surface area contributed by atoms with E-state index in [-0.39, 0.29) is 0 Å². The summed E-state index contributed by atoms with van der Waals surface area (Å²) in [5.74, 6) is 1.07. The number of anilines is 1. The van der Waals surface area contributed by atoms with Crippen LogP contribution in [0.4, 0.5) is 5.82 Å². The third-order valence-corrected chi connectivity index (χ3v) is 6.24. The number of piperazine rings is 1. The molecule has 1 aromatic carbocycles. The first-order valence-corrected chi connectivity index (χ1v) is 9.83. The predicted octanol–water partition coefficient (Wildman–Crippen LogP) is 4.34. The predicted molar refractivity (Wildman–Crippen MR) is 104 cm³/mol. The van der Waals surface area contributed by atoms with E-state index in [1.54, 1.807) is 11.3 Å². The maximum atomic E-state index is 4.87. The van der Waals surface area contributed by atoms with Crippen molar-refractivity contribution < 1.29 is 0 Å². The highest BCUT2D eigenvalue weighted by Crippen LogP contribution is 2.27. The van der Waals surface area contributed by atoms with E-state index in [1.807, 2.05) is 18.3 Å². The van der Waals surface area contributed by atoms with E-state index in [2.05, 4.69) is 61.2 Å². The number of aromatic nitrogens is 2. The fraction of sp³-hybridized carbons (Fsp3) is 0.333. The Morgan fingerprint density at radius 2 is 1.96 bits per heavy atom. The Morgan fingerprint density at radius 3 is 2.71 bits per heavy atom. The minimum absolute atomic E-state index is 0.394. The zero-order valence-electron chi connectivity index (χ0n) is 13.5. The number of rotatable bonds is 3. The second kappa shape index (κ2) is 6.78. The lowest BCUT2D eigenvalue weighted by atomic mass is 10.2. The molecule has 0 amide bonds. The van der Waals surface area contributed by atoms with Crippen molar-refractivity contribution in [3.05, 3.63) is 51.4 Å². The van der Waals surface area contributed by atoms with Gasteiger partial charge in [0.1, 0.15) is 10.8 Å². The normalized spacial score (nSPS) is 17.3. The zero-order chi connectivity index (χ0) is 16.5. The third kappa shape index (κ3) is 3.06. The monoisotopic (exact) mass is 402 g/mol. The van der Waals surface area contributed by atoms with Gasteiger partial charge >= 0.3 is 0 Å². The molecule has 1 aliphatic heterocycles. The standard InChI is InChI=1S/C18H19BrN4S/c1-13(18-20-7-12-24-18)22-8-10-23(11-9-22)16-6-5-14-3-2-4-15(19)17(14)21-16/h2-7,12-13H,8-11H2,1H3. The van der Waals surface area contributed by atoms with Gasteiger partial charge in [-0.1, -0.05) is 12.1 Å². The minimum atomic E-state index is 0.394. The molecule has 1 aliphatic rings. The molecule has 1 fully saturated rings. The molecule has 0 spiro atoms. The van der Waals surface area contributed by atoms with Crippen molar-refractivity contribution in [1.29, 1.82) is 0 Å². The van der Waals surface area contributed by atoms with Crippen LogP contribution in [-0.2, 0) is 0 Å². The van der Waals surface area contributed by atoms with Crippen LogP contribution in [0.15, 0.2) is 46.4 Å². The summed E-state index contributed by atoms with van der Waals surface area (Å²) >= 11 is 5.35. The molecule has 2 aromatic heterocycles. The second-order valence-electron chi connectivity index (χ2n) is 6.05. The number of thiazole rings is 1. The Balaban J connectivity index is 1.49. The highest BCUT2D eigenvalue weighted by atomic mass is 79.9. The molecule has 1 saturated heterocycles. The lowest BCUT2D eigenvalue weighted by Gasteiger charge is -2.38. The molecule has 0 N–H and O–H groups in total. The van der Waals surface area contributed by atoms with Crippen LogP contribution in [0.2, 0.25) is 0 Å². The van der Waals surface area contributed by atoms with Gasteiger partial charge in [-0.05, 0) is 41.1 Å². The number of fused-ring (bicyclic) bond motifs is 1. The Bertz CT molecular complexity index is 828. The Kier molecular flexibility index (Phi) is 4.52. The van der Waals surface area contributed by atoms with Gasteiger partial charge in [-0.3, -0.25) is 4.90 Å². The number of nitrogens with zero attached hydrogens (tertiary/aromatic N) is 4. The highest BCUT2D eigenvalue weighted by Gasteiger charge is 2.24. The van der Waals surface area contributed by atoms with E-state index >= 15 is 0 Å². The van der Waals surface area contributed by atoms with E-state index in [9.17, 15) is 0 Å². The first-order valence-electron chi connectivity index (χ1n) is 8.16. The number of halogens is 1. The Hall–Kier alpha value is -1.50. The fourth-order valence-corrected chi connectivity index (χ4v) is 4.41. The van der Waals surface area contributed by atoms with Gasteiger partial charge in [-0.25, -0.2) is 9.97 Å². The molecular formula is C18H19BrN4S. The van der Waals surface area contributed by atoms with E-state index in [1.165, 1.54) is 10.4 Å². The highest BCUT2D eigenvalue weighted by molar-refractivity contribution is 9.10. The first kappa shape index (κ1) is 16.0. The van der Waals surface area contributed by atoms with Gasteiger partial charge in [0, 0.05) is 47.6 Å². The Morgan fingerprint density at radius 1 is 1.12 bits per heavy atom. The number of hydrogen-bond acceptors (Lipinski definition) is 5. The van der Waals surface area contributed by atoms with E-state index in [4.69, 9.17) is 4.98 Å². The summed E-state index contributed by atoms with van der Waals surface area (Å²) < 4.78 is 1.05. The molecule has 4 nitrogen and oxygen atoms in total. The number of hydrogen-bond donors (Lipinski definition) is 0. The second-order valence-corrected chi connectivity index (χ2v) is 7.83. The smallest absolute Gasteiger partial charge is 0.129 e. The Labute approximate surface area is 154 Å². The van der Waals surface area contributed by atoms with Gasteiger partial charge < -0.3 is 4.90 Å². The third-order valence-electron chi connectivity index (χ3n) is 4.65. The van der Waals surface area contributed by atoms with Crippen LogP contribution in [0.5, 0.6) is 0 Å². The molecule has 24 heavy (non-hydrogen) atoms. The van der Waals surface area contributed by atoms with Crippen LogP contribution in [0.3, 0.4) is 0 Å². The maximum absolute atomic E-state index is 4.87. The molecule has 6 heteroatoms. The van der Waals surface area contributed by atoms with E-state index < -0.39 is 0 Å². The van der Waals surface area contributed by atoms with Crippen molar-refractivity contribution in [2.75, 3.05) is 31.1 Å². The molecule has 3 heterocycles. The van der Waals surface area contributed by atoms with Gasteiger partial charge in [0.2, 0.25) is 0 Å². The summed E-state index contributed by atoms with van der Waals surface area (Å²) in [6, 6.07) is 10.9. The summed E-state index contributed by atoms with van der Waals surface area (Å²) in [5, 5.41) is 4.43. The maximum Gasteiger partial charge on any atom is 0.129 e. The molecule has 4 rings (SSSR count). The van der Waals surface area contributed by atoms with Crippen molar-refractivity contribution in [3.8, 4) is 0 Å². The van der Waals surface area contributed by atoms with Crippen molar-refractivity contribution in [2.24, 2.45) is 0 Å².